The molecule has 1 fully saturated rings. The minimum absolute atomic E-state index is 0.178. The fourth-order valence-electron chi connectivity index (χ4n) is 2.45. The maximum atomic E-state index is 12.2. The molecule has 0 saturated carbocycles. The molecule has 1 aliphatic rings. The average Bonchev–Trinajstić information content (AvgIpc) is 3.18. The number of carbonyl (C=O) groups is 1. The molecule has 0 atom stereocenters. The van der Waals surface area contributed by atoms with Gasteiger partial charge in [0, 0.05) is 0 Å². The third kappa shape index (κ3) is 3.27. The number of aromatic amines is 1. The van der Waals surface area contributed by atoms with Crippen LogP contribution in [0.4, 0.5) is 5.95 Å². The Bertz CT molecular complexity index is 990. The Morgan fingerprint density at radius 2 is 2.08 bits per heavy atom. The lowest BCUT2D eigenvalue weighted by Crippen LogP contribution is -2.19. The first kappa shape index (κ1) is 15.5. The zero-order chi connectivity index (χ0) is 17.2. The molecular formula is C18H14N4O2S. The normalized spacial score (nSPS) is 17.4. The van der Waals surface area contributed by atoms with E-state index >= 15 is 0 Å². The molecule has 0 bridgehead atoms. The highest BCUT2D eigenvalue weighted by atomic mass is 32.2. The number of rotatable bonds is 3. The van der Waals surface area contributed by atoms with Gasteiger partial charge in [-0.3, -0.25) is 4.79 Å². The van der Waals surface area contributed by atoms with Crippen LogP contribution in [0, 0.1) is 0 Å². The third-order valence-electron chi connectivity index (χ3n) is 3.63. The molecule has 0 spiro atoms. The SMILES string of the molecule is COc1cccc(/C=C2\S/C(=N\c3nc4ccccc4[nH]3)NC2=O)c1. The van der Waals surface area contributed by atoms with E-state index in [1.807, 2.05) is 54.6 Å². The van der Waals surface area contributed by atoms with Gasteiger partial charge in [-0.1, -0.05) is 24.3 Å². The molecule has 124 valence electrons. The molecule has 25 heavy (non-hydrogen) atoms. The van der Waals surface area contributed by atoms with Gasteiger partial charge in [-0.15, -0.1) is 0 Å². The number of H-pyrrole nitrogens is 1. The number of methoxy groups -OCH3 is 1. The lowest BCUT2D eigenvalue weighted by atomic mass is 10.2. The van der Waals surface area contributed by atoms with Crippen molar-refractivity contribution in [3.05, 3.63) is 59.0 Å². The summed E-state index contributed by atoms with van der Waals surface area (Å²) in [4.78, 5) is 24.6. The Morgan fingerprint density at radius 3 is 2.92 bits per heavy atom. The van der Waals surface area contributed by atoms with Gasteiger partial charge >= 0.3 is 0 Å². The zero-order valence-electron chi connectivity index (χ0n) is 13.3. The van der Waals surface area contributed by atoms with Crippen LogP contribution in [0.3, 0.4) is 0 Å². The van der Waals surface area contributed by atoms with E-state index < -0.39 is 0 Å². The maximum Gasteiger partial charge on any atom is 0.264 e. The summed E-state index contributed by atoms with van der Waals surface area (Å²) in [5.41, 5.74) is 2.63. The molecule has 3 aromatic rings. The molecule has 1 aromatic heterocycles. The fraction of sp³-hybridized carbons (Fsp3) is 0.0556. The zero-order valence-corrected chi connectivity index (χ0v) is 14.1. The van der Waals surface area contributed by atoms with Crippen molar-refractivity contribution >= 4 is 45.9 Å². The van der Waals surface area contributed by atoms with Gasteiger partial charge in [0.2, 0.25) is 5.95 Å². The number of nitrogens with zero attached hydrogens (tertiary/aromatic N) is 2. The minimum Gasteiger partial charge on any atom is -0.497 e. The van der Waals surface area contributed by atoms with Crippen molar-refractivity contribution in [2.75, 3.05) is 7.11 Å². The number of aromatic nitrogens is 2. The van der Waals surface area contributed by atoms with Gasteiger partial charge in [0.25, 0.3) is 5.91 Å². The molecule has 2 aromatic carbocycles. The summed E-state index contributed by atoms with van der Waals surface area (Å²) >= 11 is 1.28. The minimum atomic E-state index is -0.178. The monoisotopic (exact) mass is 350 g/mol. The number of amidine groups is 1. The van der Waals surface area contributed by atoms with Gasteiger partial charge in [-0.25, -0.2) is 4.98 Å². The highest BCUT2D eigenvalue weighted by molar-refractivity contribution is 8.18. The van der Waals surface area contributed by atoms with E-state index in [9.17, 15) is 4.79 Å². The van der Waals surface area contributed by atoms with Crippen LogP contribution in [-0.4, -0.2) is 28.2 Å². The average molecular weight is 350 g/mol. The molecule has 0 radical (unpaired) electrons. The standard InChI is InChI=1S/C18H14N4O2S/c1-24-12-6-4-5-11(9-12)10-15-16(23)21-18(25-15)22-17-19-13-7-2-3-8-14(13)20-17/h2-10H,1H3,(H2,19,20,21,22,23)/b15-10-. The second-order valence-corrected chi connectivity index (χ2v) is 6.37. The summed E-state index contributed by atoms with van der Waals surface area (Å²) in [6, 6.07) is 15.2. The van der Waals surface area contributed by atoms with E-state index in [2.05, 4.69) is 20.3 Å². The lowest BCUT2D eigenvalue weighted by molar-refractivity contribution is -0.115. The number of aliphatic imine (C=N–C) groups is 1. The Labute approximate surface area is 148 Å². The lowest BCUT2D eigenvalue weighted by Gasteiger charge is -2.00. The van der Waals surface area contributed by atoms with Crippen molar-refractivity contribution in [3.8, 4) is 5.75 Å². The van der Waals surface area contributed by atoms with E-state index in [4.69, 9.17) is 4.74 Å². The van der Waals surface area contributed by atoms with Crippen LogP contribution in [0.15, 0.2) is 58.4 Å². The van der Waals surface area contributed by atoms with Gasteiger partial charge < -0.3 is 15.0 Å². The Hall–Kier alpha value is -3.06. The number of benzene rings is 2. The number of nitrogens with one attached hydrogen (secondary N) is 2. The second-order valence-electron chi connectivity index (χ2n) is 5.34. The van der Waals surface area contributed by atoms with E-state index in [0.29, 0.717) is 16.0 Å². The summed E-state index contributed by atoms with van der Waals surface area (Å²) in [5.74, 6) is 1.03. The topological polar surface area (TPSA) is 79.4 Å². The molecule has 4 rings (SSSR count). The number of hydrogen-bond donors (Lipinski definition) is 2. The number of fused-ring (bicyclic) bond motifs is 1. The number of ether oxygens (including phenoxy) is 1. The van der Waals surface area contributed by atoms with Crippen LogP contribution in [0.2, 0.25) is 0 Å². The number of carbonyl (C=O) groups excluding carboxylic acids is 1. The number of thioether (sulfide) groups is 1. The van der Waals surface area contributed by atoms with Crippen LogP contribution in [0.1, 0.15) is 5.56 Å². The van der Waals surface area contributed by atoms with Crippen molar-refractivity contribution in [3.63, 3.8) is 0 Å². The van der Waals surface area contributed by atoms with E-state index in [0.717, 1.165) is 22.3 Å². The molecular weight excluding hydrogens is 336 g/mol. The number of para-hydroxylation sites is 2. The van der Waals surface area contributed by atoms with E-state index in [1.54, 1.807) is 7.11 Å². The highest BCUT2D eigenvalue weighted by Gasteiger charge is 2.24. The van der Waals surface area contributed by atoms with E-state index in [1.165, 1.54) is 11.8 Å². The van der Waals surface area contributed by atoms with Gasteiger partial charge in [0.15, 0.2) is 5.17 Å². The maximum absolute atomic E-state index is 12.2. The van der Waals surface area contributed by atoms with Gasteiger partial charge in [0.05, 0.1) is 23.0 Å². The van der Waals surface area contributed by atoms with Crippen LogP contribution in [0.5, 0.6) is 5.75 Å². The number of hydrogen-bond acceptors (Lipinski definition) is 5. The van der Waals surface area contributed by atoms with Crippen molar-refractivity contribution in [2.24, 2.45) is 4.99 Å². The Morgan fingerprint density at radius 1 is 1.20 bits per heavy atom. The number of imidazole rings is 1. The molecule has 2 heterocycles. The highest BCUT2D eigenvalue weighted by Crippen LogP contribution is 2.28. The smallest absolute Gasteiger partial charge is 0.264 e. The summed E-state index contributed by atoms with van der Waals surface area (Å²) in [5, 5.41) is 3.26. The van der Waals surface area contributed by atoms with Crippen LogP contribution >= 0.6 is 11.8 Å². The Kier molecular flexibility index (Phi) is 3.99. The van der Waals surface area contributed by atoms with Gasteiger partial charge in [-0.2, -0.15) is 4.99 Å². The van der Waals surface area contributed by atoms with Crippen molar-refractivity contribution in [1.29, 1.82) is 0 Å². The first-order chi connectivity index (χ1) is 12.2. The first-order valence-electron chi connectivity index (χ1n) is 7.60. The largest absolute Gasteiger partial charge is 0.497 e. The predicted octanol–water partition coefficient (Wildman–Crippen LogP) is 3.46. The molecule has 0 aliphatic carbocycles. The fourth-order valence-corrected chi connectivity index (χ4v) is 3.27. The van der Waals surface area contributed by atoms with E-state index in [-0.39, 0.29) is 5.91 Å². The number of amides is 1. The first-order valence-corrected chi connectivity index (χ1v) is 8.41. The van der Waals surface area contributed by atoms with Gasteiger partial charge in [-0.05, 0) is 47.7 Å². The summed E-state index contributed by atoms with van der Waals surface area (Å²) in [6.45, 7) is 0. The molecule has 7 heteroatoms. The molecule has 0 unspecified atom stereocenters. The quantitative estimate of drug-likeness (QED) is 0.709. The summed E-state index contributed by atoms with van der Waals surface area (Å²) < 4.78 is 5.20. The summed E-state index contributed by atoms with van der Waals surface area (Å²) in [7, 11) is 1.61. The molecule has 6 nitrogen and oxygen atoms in total. The van der Waals surface area contributed by atoms with Crippen molar-refractivity contribution in [1.82, 2.24) is 15.3 Å². The predicted molar refractivity (Wildman–Crippen MR) is 99.9 cm³/mol. The molecule has 1 amide bonds. The van der Waals surface area contributed by atoms with Crippen LogP contribution < -0.4 is 10.1 Å². The van der Waals surface area contributed by atoms with Crippen LogP contribution in [-0.2, 0) is 4.79 Å². The third-order valence-corrected chi connectivity index (χ3v) is 4.54. The molecule has 1 saturated heterocycles. The second kappa shape index (κ2) is 6.45. The van der Waals surface area contributed by atoms with Gasteiger partial charge in [0.1, 0.15) is 5.75 Å². The summed E-state index contributed by atoms with van der Waals surface area (Å²) in [6.07, 6.45) is 1.81. The van der Waals surface area contributed by atoms with Crippen molar-refractivity contribution in [2.45, 2.75) is 0 Å². The van der Waals surface area contributed by atoms with Crippen LogP contribution in [0.25, 0.3) is 17.1 Å². The molecule has 1 aliphatic heterocycles. The Balaban J connectivity index is 1.59. The molecule has 2 N–H and O–H groups in total. The van der Waals surface area contributed by atoms with Crippen molar-refractivity contribution < 1.29 is 9.53 Å².